The summed E-state index contributed by atoms with van der Waals surface area (Å²) in [5.41, 5.74) is 1.41. The van der Waals surface area contributed by atoms with Crippen LogP contribution in [0.3, 0.4) is 0 Å². The summed E-state index contributed by atoms with van der Waals surface area (Å²) in [6, 6.07) is 6.12. The summed E-state index contributed by atoms with van der Waals surface area (Å²) in [6.45, 7) is 0. The third-order valence-corrected chi connectivity index (χ3v) is 1.95. The van der Waals surface area contributed by atoms with Gasteiger partial charge in [-0.25, -0.2) is 4.39 Å². The molecule has 0 radical (unpaired) electrons. The molecule has 14 heavy (non-hydrogen) atoms. The first-order chi connectivity index (χ1) is 6.81. The number of hydrogen-bond donors (Lipinski definition) is 1. The van der Waals surface area contributed by atoms with Crippen molar-refractivity contribution in [2.24, 2.45) is 0 Å². The fourth-order valence-corrected chi connectivity index (χ4v) is 1.30. The van der Waals surface area contributed by atoms with Crippen LogP contribution in [0.1, 0.15) is 0 Å². The van der Waals surface area contributed by atoms with Gasteiger partial charge in [-0.2, -0.15) is 5.10 Å². The van der Waals surface area contributed by atoms with Gasteiger partial charge in [0.05, 0.1) is 12.8 Å². The molecule has 72 valence electrons. The first kappa shape index (κ1) is 8.74. The predicted molar refractivity (Wildman–Crippen MR) is 50.5 cm³/mol. The first-order valence-electron chi connectivity index (χ1n) is 4.14. The van der Waals surface area contributed by atoms with Gasteiger partial charge < -0.3 is 4.74 Å². The minimum absolute atomic E-state index is 0.296. The van der Waals surface area contributed by atoms with E-state index in [0.29, 0.717) is 11.3 Å². The van der Waals surface area contributed by atoms with E-state index >= 15 is 0 Å². The Morgan fingerprint density at radius 1 is 1.36 bits per heavy atom. The number of nitrogens with one attached hydrogen (secondary N) is 1. The minimum atomic E-state index is -0.296. The van der Waals surface area contributed by atoms with E-state index in [2.05, 4.69) is 10.2 Å². The van der Waals surface area contributed by atoms with Crippen molar-refractivity contribution in [2.45, 2.75) is 0 Å². The van der Waals surface area contributed by atoms with Crippen LogP contribution in [-0.4, -0.2) is 17.3 Å². The van der Waals surface area contributed by atoms with Gasteiger partial charge in [-0.05, 0) is 24.3 Å². The van der Waals surface area contributed by atoms with Crippen molar-refractivity contribution in [3.05, 3.63) is 36.3 Å². The number of benzene rings is 1. The third kappa shape index (κ3) is 1.46. The molecule has 1 N–H and O–H groups in total. The predicted octanol–water partition coefficient (Wildman–Crippen LogP) is 2.22. The highest BCUT2D eigenvalue weighted by molar-refractivity contribution is 5.66. The Bertz CT molecular complexity index is 426. The summed E-state index contributed by atoms with van der Waals surface area (Å²) in [5, 5.41) is 6.56. The second-order valence-electron chi connectivity index (χ2n) is 2.81. The molecule has 0 fully saturated rings. The number of methoxy groups -OCH3 is 1. The summed E-state index contributed by atoms with van der Waals surface area (Å²) in [7, 11) is 1.55. The van der Waals surface area contributed by atoms with E-state index in [1.54, 1.807) is 25.4 Å². The number of hydrogen-bond acceptors (Lipinski definition) is 2. The monoisotopic (exact) mass is 192 g/mol. The van der Waals surface area contributed by atoms with E-state index < -0.39 is 0 Å². The molecule has 1 aromatic heterocycles. The van der Waals surface area contributed by atoms with Crippen LogP contribution in [0.25, 0.3) is 11.3 Å². The molecule has 1 aromatic carbocycles. The van der Waals surface area contributed by atoms with Crippen molar-refractivity contribution in [3.8, 4) is 17.0 Å². The lowest BCUT2D eigenvalue weighted by molar-refractivity contribution is 0.415. The van der Waals surface area contributed by atoms with Crippen molar-refractivity contribution in [3.63, 3.8) is 0 Å². The van der Waals surface area contributed by atoms with Crippen LogP contribution in [0.2, 0.25) is 0 Å². The van der Waals surface area contributed by atoms with Crippen molar-refractivity contribution in [1.82, 2.24) is 10.2 Å². The van der Waals surface area contributed by atoms with Crippen molar-refractivity contribution in [1.29, 1.82) is 0 Å². The summed E-state index contributed by atoms with van der Waals surface area (Å²) in [5.74, 6) is 0.325. The molecule has 2 rings (SSSR count). The van der Waals surface area contributed by atoms with Gasteiger partial charge in [0.2, 0.25) is 0 Å². The summed E-state index contributed by atoms with van der Waals surface area (Å²) in [6.07, 6.45) is 1.61. The highest BCUT2D eigenvalue weighted by Crippen LogP contribution is 2.28. The molecule has 0 bridgehead atoms. The van der Waals surface area contributed by atoms with E-state index in [1.807, 2.05) is 0 Å². The van der Waals surface area contributed by atoms with Crippen LogP contribution in [0.4, 0.5) is 4.39 Å². The minimum Gasteiger partial charge on any atom is -0.496 e. The molecule has 2 aromatic rings. The maximum atomic E-state index is 13.0. The van der Waals surface area contributed by atoms with Crippen LogP contribution < -0.4 is 4.74 Å². The van der Waals surface area contributed by atoms with Crippen LogP contribution in [0.15, 0.2) is 30.5 Å². The van der Waals surface area contributed by atoms with Crippen LogP contribution in [0.5, 0.6) is 5.75 Å². The van der Waals surface area contributed by atoms with Gasteiger partial charge >= 0.3 is 0 Å². The number of ether oxygens (including phenoxy) is 1. The quantitative estimate of drug-likeness (QED) is 0.792. The molecular weight excluding hydrogens is 183 g/mol. The lowest BCUT2D eigenvalue weighted by atomic mass is 10.1. The van der Waals surface area contributed by atoms with Crippen molar-refractivity contribution < 1.29 is 9.13 Å². The molecule has 0 unspecified atom stereocenters. The summed E-state index contributed by atoms with van der Waals surface area (Å²) < 4.78 is 18.1. The van der Waals surface area contributed by atoms with E-state index in [4.69, 9.17) is 4.74 Å². The average molecular weight is 192 g/mol. The standard InChI is InChI=1S/C10H9FN2O/c1-14-10-3-2-7(11)6-8(10)9-4-5-12-13-9/h2-6H,1H3,(H,12,13). The molecule has 0 aliphatic rings. The van der Waals surface area contributed by atoms with Gasteiger partial charge in [0, 0.05) is 11.8 Å². The lowest BCUT2D eigenvalue weighted by Crippen LogP contribution is -1.89. The molecule has 0 aliphatic carbocycles. The molecular formula is C10H9FN2O. The zero-order chi connectivity index (χ0) is 9.97. The molecule has 0 aliphatic heterocycles. The van der Waals surface area contributed by atoms with Crippen LogP contribution >= 0.6 is 0 Å². The first-order valence-corrected chi connectivity index (χ1v) is 4.14. The molecule has 0 saturated carbocycles. The van der Waals surface area contributed by atoms with Gasteiger partial charge in [-0.15, -0.1) is 0 Å². The van der Waals surface area contributed by atoms with E-state index in [1.165, 1.54) is 12.1 Å². The van der Waals surface area contributed by atoms with Crippen LogP contribution in [-0.2, 0) is 0 Å². The largest absolute Gasteiger partial charge is 0.496 e. The smallest absolute Gasteiger partial charge is 0.128 e. The second kappa shape index (κ2) is 3.49. The summed E-state index contributed by atoms with van der Waals surface area (Å²) in [4.78, 5) is 0. The number of aromatic nitrogens is 2. The number of halogens is 1. The molecule has 1 heterocycles. The fourth-order valence-electron chi connectivity index (χ4n) is 1.30. The van der Waals surface area contributed by atoms with E-state index in [0.717, 1.165) is 5.69 Å². The van der Waals surface area contributed by atoms with Crippen LogP contribution in [0, 0.1) is 5.82 Å². The summed E-state index contributed by atoms with van der Waals surface area (Å²) >= 11 is 0. The lowest BCUT2D eigenvalue weighted by Gasteiger charge is -2.05. The second-order valence-corrected chi connectivity index (χ2v) is 2.81. The molecule has 0 saturated heterocycles. The van der Waals surface area contributed by atoms with Gasteiger partial charge in [0.25, 0.3) is 0 Å². The topological polar surface area (TPSA) is 37.9 Å². The Morgan fingerprint density at radius 2 is 2.21 bits per heavy atom. The van der Waals surface area contributed by atoms with Gasteiger partial charge in [-0.1, -0.05) is 0 Å². The number of nitrogens with zero attached hydrogens (tertiary/aromatic N) is 1. The molecule has 3 nitrogen and oxygen atoms in total. The SMILES string of the molecule is COc1ccc(F)cc1-c1ccn[nH]1. The number of H-pyrrole nitrogens is 1. The van der Waals surface area contributed by atoms with Crippen molar-refractivity contribution >= 4 is 0 Å². The molecule has 4 heteroatoms. The Labute approximate surface area is 80.5 Å². The number of aromatic amines is 1. The average Bonchev–Trinajstić information content (AvgIpc) is 2.70. The Morgan fingerprint density at radius 3 is 2.86 bits per heavy atom. The Balaban J connectivity index is 2.55. The zero-order valence-corrected chi connectivity index (χ0v) is 7.62. The molecule has 0 amide bonds. The maximum absolute atomic E-state index is 13.0. The third-order valence-electron chi connectivity index (χ3n) is 1.95. The molecule has 0 atom stereocenters. The fraction of sp³-hybridized carbons (Fsp3) is 0.100. The maximum Gasteiger partial charge on any atom is 0.128 e. The zero-order valence-electron chi connectivity index (χ0n) is 7.62. The molecule has 0 spiro atoms. The highest BCUT2D eigenvalue weighted by Gasteiger charge is 2.07. The normalized spacial score (nSPS) is 10.1. The number of rotatable bonds is 2. The van der Waals surface area contributed by atoms with Crippen molar-refractivity contribution in [2.75, 3.05) is 7.11 Å². The van der Waals surface area contributed by atoms with E-state index in [9.17, 15) is 4.39 Å². The van der Waals surface area contributed by atoms with Gasteiger partial charge in [0.1, 0.15) is 11.6 Å². The Hall–Kier alpha value is -1.84. The highest BCUT2D eigenvalue weighted by atomic mass is 19.1. The van der Waals surface area contributed by atoms with Gasteiger partial charge in [0.15, 0.2) is 0 Å². The Kier molecular flexibility index (Phi) is 2.18. The van der Waals surface area contributed by atoms with E-state index in [-0.39, 0.29) is 5.82 Å². The van der Waals surface area contributed by atoms with Gasteiger partial charge in [-0.3, -0.25) is 5.10 Å².